The molecular formula is C37H44B2N9OScSi. The van der Waals surface area contributed by atoms with Crippen molar-refractivity contribution in [3.8, 4) is 0 Å². The molecule has 0 radical (unpaired) electrons. The standard InChI is InChI=1S/C31H29B2N9.C6H15OSi.Sc/c1-26-10-14-28(15-11-26)32(39-22-4-18-34-39,40-23-5-19-35-40)30-8-3-9-31(38-30)33(41-24-6-20-36-41,42-25-7-21-37-42)29-16-12-27(2)13-17-29;1-4-8(7,5-2)6-3;/h3-25H,1-2H3;4-6H2,1-3H3;/q-2;-1;+3. The fourth-order valence-corrected chi connectivity index (χ4v) is 8.58. The van der Waals surface area contributed by atoms with Gasteiger partial charge in [-0.2, -0.15) is 10.9 Å². The molecule has 14 heteroatoms. The summed E-state index contributed by atoms with van der Waals surface area (Å²) in [6.45, 7) is 10.2. The zero-order chi connectivity index (χ0) is 35.2. The van der Waals surface area contributed by atoms with Gasteiger partial charge in [0.05, 0.1) is 0 Å². The molecule has 0 aliphatic heterocycles. The Morgan fingerprint density at radius 2 is 0.824 bits per heavy atom. The van der Waals surface area contributed by atoms with Crippen molar-refractivity contribution in [2.24, 2.45) is 0 Å². The molecular weight excluding hydrogens is 681 g/mol. The third-order valence-electron chi connectivity index (χ3n) is 10.3. The van der Waals surface area contributed by atoms with Gasteiger partial charge in [-0.3, -0.25) is 0 Å². The van der Waals surface area contributed by atoms with E-state index in [1.165, 1.54) is 11.1 Å². The molecule has 10 nitrogen and oxygen atoms in total. The number of hydrogen-bond donors (Lipinski definition) is 0. The molecule has 5 aromatic heterocycles. The molecule has 7 rings (SSSR count). The van der Waals surface area contributed by atoms with Crippen LogP contribution in [0, 0.1) is 13.8 Å². The Bertz CT molecular complexity index is 1840. The van der Waals surface area contributed by atoms with Crippen LogP contribution in [-0.4, -0.2) is 64.9 Å². The number of aromatic nitrogens is 9. The van der Waals surface area contributed by atoms with Gasteiger partial charge < -0.3 is 28.2 Å². The molecule has 0 unspecified atom stereocenters. The Morgan fingerprint density at radius 3 is 1.06 bits per heavy atom. The van der Waals surface area contributed by atoms with Crippen molar-refractivity contribution in [3.05, 3.63) is 152 Å². The molecule has 0 saturated carbocycles. The minimum atomic E-state index is -1.98. The molecule has 0 spiro atoms. The van der Waals surface area contributed by atoms with E-state index in [9.17, 15) is 4.80 Å². The maximum Gasteiger partial charge on any atom is 3.00 e. The maximum absolute atomic E-state index is 11.3. The van der Waals surface area contributed by atoms with Gasteiger partial charge in [0.15, 0.2) is 0 Å². The van der Waals surface area contributed by atoms with E-state index in [0.29, 0.717) is 0 Å². The first-order valence-electron chi connectivity index (χ1n) is 17.4. The van der Waals surface area contributed by atoms with E-state index in [1.807, 2.05) is 88.2 Å². The molecule has 5 heterocycles. The van der Waals surface area contributed by atoms with E-state index >= 15 is 0 Å². The van der Waals surface area contributed by atoms with E-state index in [2.05, 4.69) is 80.6 Å². The third kappa shape index (κ3) is 7.09. The Balaban J connectivity index is 0.000000504. The van der Waals surface area contributed by atoms with Crippen LogP contribution in [0.2, 0.25) is 18.1 Å². The van der Waals surface area contributed by atoms with Gasteiger partial charge in [0.2, 0.25) is 0 Å². The summed E-state index contributed by atoms with van der Waals surface area (Å²) in [5, 5.41) is 19.2. The van der Waals surface area contributed by atoms with Gasteiger partial charge in [0.1, 0.15) is 0 Å². The fraction of sp³-hybridized carbons (Fsp3) is 0.216. The van der Waals surface area contributed by atoms with Crippen LogP contribution < -0.4 is 26.9 Å². The van der Waals surface area contributed by atoms with E-state index in [0.717, 1.165) is 40.2 Å². The molecule has 2 aromatic carbocycles. The first-order chi connectivity index (χ1) is 24.3. The Kier molecular flexibility index (Phi) is 12.1. The van der Waals surface area contributed by atoms with Gasteiger partial charge in [-0.1, -0.05) is 128 Å². The third-order valence-corrected chi connectivity index (χ3v) is 14.1. The van der Waals surface area contributed by atoms with E-state index < -0.39 is 21.1 Å². The summed E-state index contributed by atoms with van der Waals surface area (Å²) >= 11 is 0. The van der Waals surface area contributed by atoms with Gasteiger partial charge in [0.25, 0.3) is 12.8 Å². The molecule has 51 heavy (non-hydrogen) atoms. The molecule has 0 amide bonds. The Morgan fingerprint density at radius 1 is 0.510 bits per heavy atom. The van der Waals surface area contributed by atoms with E-state index in [4.69, 9.17) is 25.4 Å². The zero-order valence-electron chi connectivity index (χ0n) is 30.1. The summed E-state index contributed by atoms with van der Waals surface area (Å²) in [4.78, 5) is 16.9. The van der Waals surface area contributed by atoms with Crippen molar-refractivity contribution >= 4 is 43.3 Å². The SMILES string of the molecule is CC[Si]([O-])(CC)CC.Cc1ccc([B-](c2cccc([B-](c3ccc(C)cc3)(n3cccn3)n3cccn3)n2)(n2cccn2)n2cccn2)cc1.[Sc+3]. The van der Waals surface area contributed by atoms with Crippen LogP contribution in [0.15, 0.2) is 141 Å². The second-order valence-corrected chi connectivity index (χ2v) is 17.5. The van der Waals surface area contributed by atoms with Crippen LogP contribution in [0.1, 0.15) is 31.9 Å². The summed E-state index contributed by atoms with van der Waals surface area (Å²) < 4.78 is 7.91. The zero-order valence-corrected chi connectivity index (χ0v) is 32.9. The number of nitrogens with zero attached hydrogens (tertiary/aromatic N) is 9. The van der Waals surface area contributed by atoms with Crippen molar-refractivity contribution in [1.82, 2.24) is 43.7 Å². The van der Waals surface area contributed by atoms with Gasteiger partial charge >= 0.3 is 25.8 Å². The molecule has 0 atom stereocenters. The molecule has 0 N–H and O–H groups in total. The summed E-state index contributed by atoms with van der Waals surface area (Å²) in [6, 6.07) is 33.7. The quantitative estimate of drug-likeness (QED) is 0.190. The van der Waals surface area contributed by atoms with Gasteiger partial charge in [-0.15, -0.1) is 0 Å². The van der Waals surface area contributed by atoms with Crippen molar-refractivity contribution in [3.63, 3.8) is 0 Å². The predicted molar refractivity (Wildman–Crippen MR) is 204 cm³/mol. The topological polar surface area (TPSA) is 107 Å². The molecule has 256 valence electrons. The normalized spacial score (nSPS) is 11.8. The summed E-state index contributed by atoms with van der Waals surface area (Å²) in [6.07, 6.45) is 11.2. The molecule has 7 aromatic rings. The molecule has 0 bridgehead atoms. The Labute approximate surface area is 320 Å². The minimum absolute atomic E-state index is 0. The molecule has 0 saturated heterocycles. The van der Waals surface area contributed by atoms with Gasteiger partial charge in [-0.25, -0.2) is 20.4 Å². The van der Waals surface area contributed by atoms with E-state index in [1.54, 1.807) is 24.8 Å². The molecule has 0 aliphatic carbocycles. The average molecular weight is 725 g/mol. The van der Waals surface area contributed by atoms with Crippen LogP contribution in [-0.2, 0) is 25.8 Å². The van der Waals surface area contributed by atoms with Crippen molar-refractivity contribution in [2.75, 3.05) is 0 Å². The molecule has 0 fully saturated rings. The van der Waals surface area contributed by atoms with Gasteiger partial charge in [-0.05, 0) is 71.2 Å². The summed E-state index contributed by atoms with van der Waals surface area (Å²) in [7, 11) is -1.92. The van der Waals surface area contributed by atoms with Crippen LogP contribution in [0.5, 0.6) is 0 Å². The van der Waals surface area contributed by atoms with Crippen molar-refractivity contribution < 1.29 is 30.6 Å². The fourth-order valence-electron chi connectivity index (χ4n) is 7.08. The number of pyridine rings is 1. The molecule has 0 aliphatic rings. The number of benzene rings is 2. The van der Waals surface area contributed by atoms with Crippen LogP contribution in [0.3, 0.4) is 0 Å². The van der Waals surface area contributed by atoms with E-state index in [-0.39, 0.29) is 25.8 Å². The van der Waals surface area contributed by atoms with Gasteiger partial charge in [0, 0.05) is 24.8 Å². The number of aryl methyl sites for hydroxylation is 2. The predicted octanol–water partition coefficient (Wildman–Crippen LogP) is 3.14. The van der Waals surface area contributed by atoms with Crippen LogP contribution in [0.25, 0.3) is 0 Å². The minimum Gasteiger partial charge on any atom is -0.858 e. The van der Waals surface area contributed by atoms with Crippen LogP contribution in [0.4, 0.5) is 0 Å². The van der Waals surface area contributed by atoms with Crippen LogP contribution >= 0.6 is 0 Å². The first kappa shape index (κ1) is 37.9. The summed E-state index contributed by atoms with van der Waals surface area (Å²) in [5.41, 5.74) is 6.02. The van der Waals surface area contributed by atoms with Crippen molar-refractivity contribution in [2.45, 2.75) is 52.8 Å². The second-order valence-electron chi connectivity index (χ2n) is 13.0. The maximum atomic E-state index is 11.3. The van der Waals surface area contributed by atoms with Crippen molar-refractivity contribution in [1.29, 1.82) is 0 Å². The average Bonchev–Trinajstić information content (AvgIpc) is 4.00. The summed E-state index contributed by atoms with van der Waals surface area (Å²) in [5.74, 6) is 0. The Hall–Kier alpha value is -4.39. The number of hydrogen-bond acceptors (Lipinski definition) is 6. The first-order valence-corrected chi connectivity index (χ1v) is 20.0. The largest absolute Gasteiger partial charge is 3.00 e. The smallest absolute Gasteiger partial charge is 0.858 e. The monoisotopic (exact) mass is 725 g/mol. The second kappa shape index (κ2) is 16.3. The number of rotatable bonds is 11.